The van der Waals surface area contributed by atoms with Gasteiger partial charge in [0.2, 0.25) is 5.91 Å². The third kappa shape index (κ3) is 4.46. The van der Waals surface area contributed by atoms with E-state index in [1.54, 1.807) is 23.7 Å². The summed E-state index contributed by atoms with van der Waals surface area (Å²) in [6.07, 6.45) is 9.19. The van der Waals surface area contributed by atoms with Crippen molar-refractivity contribution in [1.82, 2.24) is 24.7 Å². The molecule has 0 unspecified atom stereocenters. The summed E-state index contributed by atoms with van der Waals surface area (Å²) in [6.45, 7) is 3.64. The molecule has 1 saturated carbocycles. The first-order chi connectivity index (χ1) is 17.5. The highest BCUT2D eigenvalue weighted by Gasteiger charge is 2.25. The maximum Gasteiger partial charge on any atom is 0.217 e. The normalized spacial score (nSPS) is 17.4. The third-order valence-electron chi connectivity index (χ3n) is 6.73. The Morgan fingerprint density at radius 1 is 1.06 bits per heavy atom. The average Bonchev–Trinajstić information content (AvgIpc) is 3.48. The third-order valence-corrected chi connectivity index (χ3v) is 7.84. The molecule has 5 rings (SSSR count). The van der Waals surface area contributed by atoms with Crippen LogP contribution in [0.2, 0.25) is 0 Å². The lowest BCUT2D eigenvalue weighted by molar-refractivity contribution is -0.119. The van der Waals surface area contributed by atoms with Crippen molar-refractivity contribution in [1.29, 1.82) is 10.5 Å². The zero-order chi connectivity index (χ0) is 25.2. The maximum absolute atomic E-state index is 11.4. The highest BCUT2D eigenvalue weighted by atomic mass is 32.2. The van der Waals surface area contributed by atoms with Gasteiger partial charge in [0.1, 0.15) is 12.1 Å². The fraction of sp³-hybridized carbons (Fsp3) is 0.296. The molecule has 1 fully saturated rings. The number of nitrogens with zero attached hydrogens (tertiary/aromatic N) is 6. The first kappa shape index (κ1) is 23.7. The van der Waals surface area contributed by atoms with Crippen molar-refractivity contribution >= 4 is 23.2 Å². The number of pyridine rings is 1. The highest BCUT2D eigenvalue weighted by molar-refractivity contribution is 7.99. The van der Waals surface area contributed by atoms with Gasteiger partial charge in [0.15, 0.2) is 0 Å². The van der Waals surface area contributed by atoms with E-state index < -0.39 is 0 Å². The molecule has 1 aliphatic rings. The van der Waals surface area contributed by atoms with Gasteiger partial charge in [0.05, 0.1) is 35.1 Å². The van der Waals surface area contributed by atoms with Crippen molar-refractivity contribution in [3.63, 3.8) is 0 Å². The van der Waals surface area contributed by atoms with E-state index in [0.29, 0.717) is 17.2 Å². The molecule has 0 saturated heterocycles. The number of fused-ring (bicyclic) bond motifs is 1. The summed E-state index contributed by atoms with van der Waals surface area (Å²) < 4.78 is 3.84. The van der Waals surface area contributed by atoms with Gasteiger partial charge >= 0.3 is 0 Å². The monoisotopic (exact) mass is 495 g/mol. The molecule has 9 heteroatoms. The lowest BCUT2D eigenvalue weighted by Gasteiger charge is -2.29. The van der Waals surface area contributed by atoms with Gasteiger partial charge in [-0.1, -0.05) is 23.9 Å². The lowest BCUT2D eigenvalue weighted by atomic mass is 9.91. The predicted molar refractivity (Wildman–Crippen MR) is 136 cm³/mol. The predicted octanol–water partition coefficient (Wildman–Crippen LogP) is 5.02. The molecule has 0 bridgehead atoms. The van der Waals surface area contributed by atoms with Gasteiger partial charge in [-0.05, 0) is 50.8 Å². The number of hydrogen-bond donors (Lipinski definition) is 1. The standard InChI is InChI=1S/C27H25N7OS/c1-17-24(15-31-34(17)23-9-7-22(8-10-23)32-18(2)35)20-11-26(27-21(13-29)14-30-33(27)16-20)36-25-6-4-3-5-19(25)12-28/h3-6,11,14-16,22-23H,7-10H2,1-2H3,(H,32,35)/t22-,23+. The van der Waals surface area contributed by atoms with Crippen LogP contribution in [0.5, 0.6) is 0 Å². The molecule has 3 heterocycles. The first-order valence-electron chi connectivity index (χ1n) is 11.9. The molecule has 36 heavy (non-hydrogen) atoms. The molecule has 0 atom stereocenters. The molecule has 1 amide bonds. The Morgan fingerprint density at radius 2 is 1.81 bits per heavy atom. The number of amides is 1. The van der Waals surface area contributed by atoms with E-state index in [1.807, 2.05) is 30.6 Å². The van der Waals surface area contributed by atoms with Gasteiger partial charge in [0, 0.05) is 45.8 Å². The lowest BCUT2D eigenvalue weighted by Crippen LogP contribution is -2.36. The van der Waals surface area contributed by atoms with Crippen molar-refractivity contribution in [3.8, 4) is 23.3 Å². The van der Waals surface area contributed by atoms with Crippen LogP contribution in [0.25, 0.3) is 16.6 Å². The number of hydrogen-bond acceptors (Lipinski definition) is 6. The summed E-state index contributed by atoms with van der Waals surface area (Å²) in [7, 11) is 0. The first-order valence-corrected chi connectivity index (χ1v) is 12.7. The zero-order valence-corrected chi connectivity index (χ0v) is 20.9. The second-order valence-corrected chi connectivity index (χ2v) is 10.1. The molecule has 1 aromatic carbocycles. The largest absolute Gasteiger partial charge is 0.354 e. The van der Waals surface area contributed by atoms with Crippen LogP contribution in [0.3, 0.4) is 0 Å². The van der Waals surface area contributed by atoms with Crippen LogP contribution in [-0.2, 0) is 4.79 Å². The second kappa shape index (κ2) is 9.88. The molecule has 0 spiro atoms. The highest BCUT2D eigenvalue weighted by Crippen LogP contribution is 2.38. The molecule has 1 N–H and O–H groups in total. The Hall–Kier alpha value is -4.08. The summed E-state index contributed by atoms with van der Waals surface area (Å²) in [5.74, 6) is 0.0237. The summed E-state index contributed by atoms with van der Waals surface area (Å²) in [6, 6.07) is 14.5. The van der Waals surface area contributed by atoms with E-state index in [-0.39, 0.29) is 11.9 Å². The van der Waals surface area contributed by atoms with E-state index in [4.69, 9.17) is 5.10 Å². The minimum Gasteiger partial charge on any atom is -0.354 e. The summed E-state index contributed by atoms with van der Waals surface area (Å²) in [4.78, 5) is 13.1. The van der Waals surface area contributed by atoms with Crippen molar-refractivity contribution < 1.29 is 4.79 Å². The Labute approximate surface area is 213 Å². The number of aromatic nitrogens is 4. The molecule has 4 aromatic rings. The Kier molecular flexibility index (Phi) is 6.49. The van der Waals surface area contributed by atoms with Gasteiger partial charge < -0.3 is 5.32 Å². The zero-order valence-electron chi connectivity index (χ0n) is 20.1. The molecular weight excluding hydrogens is 470 g/mol. The van der Waals surface area contributed by atoms with Crippen molar-refractivity contribution in [2.75, 3.05) is 0 Å². The second-order valence-electron chi connectivity index (χ2n) is 9.06. The molecule has 180 valence electrons. The topological polar surface area (TPSA) is 112 Å². The van der Waals surface area contributed by atoms with E-state index in [9.17, 15) is 15.3 Å². The van der Waals surface area contributed by atoms with Gasteiger partial charge in [-0.15, -0.1) is 0 Å². The summed E-state index contributed by atoms with van der Waals surface area (Å²) >= 11 is 1.46. The SMILES string of the molecule is CC(=O)N[C@H]1CC[C@@H](n2ncc(-c3cc(Sc4ccccc4C#N)c4c(C#N)cnn4c3)c2C)CC1. The minimum atomic E-state index is 0.0237. The number of nitrogens with one attached hydrogen (secondary N) is 1. The fourth-order valence-electron chi connectivity index (χ4n) is 4.98. The number of carbonyl (C=O) groups excluding carboxylic acids is 1. The average molecular weight is 496 g/mol. The fourth-order valence-corrected chi connectivity index (χ4v) is 6.08. The Balaban J connectivity index is 1.50. The number of rotatable bonds is 5. The smallest absolute Gasteiger partial charge is 0.217 e. The van der Waals surface area contributed by atoms with Gasteiger partial charge in [-0.2, -0.15) is 20.7 Å². The van der Waals surface area contributed by atoms with Gasteiger partial charge in [-0.25, -0.2) is 4.52 Å². The van der Waals surface area contributed by atoms with Crippen molar-refractivity contribution in [2.24, 2.45) is 0 Å². The number of benzene rings is 1. The number of nitriles is 2. The summed E-state index contributed by atoms with van der Waals surface area (Å²) in [5.41, 5.74) is 4.82. The molecule has 8 nitrogen and oxygen atoms in total. The maximum atomic E-state index is 11.4. The van der Waals surface area contributed by atoms with Crippen molar-refractivity contribution in [3.05, 3.63) is 65.7 Å². The van der Waals surface area contributed by atoms with E-state index >= 15 is 0 Å². The summed E-state index contributed by atoms with van der Waals surface area (Å²) in [5, 5.41) is 31.4. The van der Waals surface area contributed by atoms with Crippen LogP contribution in [-0.4, -0.2) is 31.3 Å². The van der Waals surface area contributed by atoms with Crippen LogP contribution in [0.4, 0.5) is 0 Å². The van der Waals surface area contributed by atoms with Crippen LogP contribution in [0.15, 0.2) is 58.7 Å². The Morgan fingerprint density at radius 3 is 2.53 bits per heavy atom. The van der Waals surface area contributed by atoms with Crippen LogP contribution in [0, 0.1) is 29.6 Å². The molecular formula is C27H25N7OS. The van der Waals surface area contributed by atoms with E-state index in [2.05, 4.69) is 40.2 Å². The number of carbonyl (C=O) groups is 1. The molecule has 0 aliphatic heterocycles. The van der Waals surface area contributed by atoms with Gasteiger partial charge in [0.25, 0.3) is 0 Å². The Bertz CT molecular complexity index is 1530. The molecule has 3 aromatic heterocycles. The minimum absolute atomic E-state index is 0.0237. The van der Waals surface area contributed by atoms with Crippen LogP contribution in [0.1, 0.15) is 55.5 Å². The van der Waals surface area contributed by atoms with Crippen molar-refractivity contribution in [2.45, 2.75) is 61.4 Å². The molecule has 0 radical (unpaired) electrons. The molecule has 1 aliphatic carbocycles. The van der Waals surface area contributed by atoms with Gasteiger partial charge in [-0.3, -0.25) is 9.48 Å². The van der Waals surface area contributed by atoms with Crippen LogP contribution < -0.4 is 5.32 Å². The van der Waals surface area contributed by atoms with E-state index in [1.165, 1.54) is 11.8 Å². The van der Waals surface area contributed by atoms with E-state index in [0.717, 1.165) is 57.8 Å². The quantitative estimate of drug-likeness (QED) is 0.416. The van der Waals surface area contributed by atoms with Crippen LogP contribution >= 0.6 is 11.8 Å².